The minimum absolute atomic E-state index is 0.176. The molecule has 142 valence electrons. The smallest absolute Gasteiger partial charge is 0.0615 e. The topological polar surface area (TPSA) is 6.48 Å². The maximum Gasteiger partial charge on any atom is 0.0615 e. The van der Waals surface area contributed by atoms with Crippen LogP contribution in [0, 0.1) is 10.8 Å². The molecule has 0 radical (unpaired) electrons. The van der Waals surface area contributed by atoms with Gasteiger partial charge in [-0.25, -0.2) is 0 Å². The monoisotopic (exact) mass is 368 g/mol. The van der Waals surface area contributed by atoms with Crippen molar-refractivity contribution < 1.29 is 0 Å². The molecule has 4 aliphatic heterocycles. The summed E-state index contributed by atoms with van der Waals surface area (Å²) in [6.07, 6.45) is 2.30. The molecule has 2 unspecified atom stereocenters. The van der Waals surface area contributed by atoms with Gasteiger partial charge in [0.1, 0.15) is 0 Å². The van der Waals surface area contributed by atoms with Gasteiger partial charge in [-0.2, -0.15) is 0 Å². The number of nitrogens with zero attached hydrogens (tertiary/aromatic N) is 2. The van der Waals surface area contributed by atoms with E-state index in [1.807, 2.05) is 0 Å². The van der Waals surface area contributed by atoms with Crippen LogP contribution in [0.3, 0.4) is 0 Å². The van der Waals surface area contributed by atoms with E-state index in [-0.39, 0.29) is 10.8 Å². The van der Waals surface area contributed by atoms with Gasteiger partial charge in [0, 0.05) is 28.6 Å². The fraction of sp³-hybridized carbons (Fsp3) is 0.385. The van der Waals surface area contributed by atoms with Crippen LogP contribution in [0.25, 0.3) is 11.1 Å². The first-order valence-corrected chi connectivity index (χ1v) is 10.6. The Morgan fingerprint density at radius 3 is 1.43 bits per heavy atom. The van der Waals surface area contributed by atoms with Crippen molar-refractivity contribution in [2.24, 2.45) is 10.8 Å². The van der Waals surface area contributed by atoms with Crippen molar-refractivity contribution in [3.05, 3.63) is 83.2 Å². The number of hydrazine groups is 1. The molecule has 0 saturated carbocycles. The summed E-state index contributed by atoms with van der Waals surface area (Å²) < 4.78 is 0. The maximum atomic E-state index is 2.69. The van der Waals surface area contributed by atoms with Crippen molar-refractivity contribution in [2.75, 3.05) is 0 Å². The second-order valence-corrected chi connectivity index (χ2v) is 9.95. The van der Waals surface area contributed by atoms with E-state index in [4.69, 9.17) is 0 Å². The second kappa shape index (κ2) is 5.11. The van der Waals surface area contributed by atoms with E-state index in [0.29, 0.717) is 12.1 Å². The lowest BCUT2D eigenvalue weighted by atomic mass is 9.70. The molecule has 4 aliphatic rings. The summed E-state index contributed by atoms with van der Waals surface area (Å²) in [5.74, 6) is 0. The summed E-state index contributed by atoms with van der Waals surface area (Å²) in [5, 5.41) is 5.39. The summed E-state index contributed by atoms with van der Waals surface area (Å²) in [6, 6.07) is 23.3. The largest absolute Gasteiger partial charge is 0.285 e. The highest BCUT2D eigenvalue weighted by Gasteiger charge is 2.64. The van der Waals surface area contributed by atoms with Gasteiger partial charge in [0.15, 0.2) is 0 Å². The lowest BCUT2D eigenvalue weighted by Crippen LogP contribution is -2.38. The van der Waals surface area contributed by atoms with Crippen molar-refractivity contribution in [2.45, 2.75) is 52.6 Å². The molecular formula is C26H28N2. The van der Waals surface area contributed by atoms with Gasteiger partial charge in [-0.15, -0.1) is 0 Å². The third-order valence-corrected chi connectivity index (χ3v) is 7.81. The molecule has 4 heterocycles. The first-order chi connectivity index (χ1) is 13.4. The Balaban J connectivity index is 1.60. The molecule has 0 spiro atoms. The average molecular weight is 369 g/mol. The van der Waals surface area contributed by atoms with E-state index >= 15 is 0 Å². The Morgan fingerprint density at radius 2 is 1.04 bits per heavy atom. The van der Waals surface area contributed by atoms with Crippen molar-refractivity contribution in [3.63, 3.8) is 0 Å². The van der Waals surface area contributed by atoms with Crippen LogP contribution < -0.4 is 0 Å². The van der Waals surface area contributed by atoms with Gasteiger partial charge in [0.05, 0.1) is 12.1 Å². The van der Waals surface area contributed by atoms with E-state index in [1.54, 1.807) is 22.5 Å². The molecular weight excluding hydrogens is 340 g/mol. The summed E-state index contributed by atoms with van der Waals surface area (Å²) in [7, 11) is 0. The van der Waals surface area contributed by atoms with Crippen LogP contribution >= 0.6 is 0 Å². The third kappa shape index (κ3) is 1.79. The standard InChI is InChI=1S/C26H28N2/c1-25(2)21-16-22-26(3,4)24(18-13-9-6-10-14-18)20-15-19(27(21)28(20)22)23(25)17-11-7-5-8-12-17/h5-14,21-22H,15-16H2,1-4H3. The molecule has 0 N–H and O–H groups in total. The fourth-order valence-electron chi connectivity index (χ4n) is 6.64. The molecule has 0 bridgehead atoms. The Morgan fingerprint density at radius 1 is 0.643 bits per heavy atom. The van der Waals surface area contributed by atoms with Crippen LogP contribution in [0.1, 0.15) is 51.7 Å². The normalized spacial score (nSPS) is 28.6. The van der Waals surface area contributed by atoms with Crippen LogP contribution in [0.4, 0.5) is 0 Å². The van der Waals surface area contributed by atoms with Gasteiger partial charge >= 0.3 is 0 Å². The van der Waals surface area contributed by atoms with E-state index in [1.165, 1.54) is 17.5 Å². The molecule has 28 heavy (non-hydrogen) atoms. The molecule has 2 aromatic carbocycles. The van der Waals surface area contributed by atoms with Crippen LogP contribution in [0.2, 0.25) is 0 Å². The number of hydrogen-bond donors (Lipinski definition) is 0. The zero-order valence-corrected chi connectivity index (χ0v) is 17.2. The van der Waals surface area contributed by atoms with Crippen LogP contribution in [-0.2, 0) is 0 Å². The Labute approximate surface area is 168 Å². The van der Waals surface area contributed by atoms with Crippen LogP contribution in [-0.4, -0.2) is 22.1 Å². The highest BCUT2D eigenvalue weighted by atomic mass is 15.7. The van der Waals surface area contributed by atoms with E-state index in [0.717, 1.165) is 6.42 Å². The molecule has 2 atom stereocenters. The average Bonchev–Trinajstić information content (AvgIpc) is 3.34. The molecule has 2 nitrogen and oxygen atoms in total. The van der Waals surface area contributed by atoms with Gasteiger partial charge in [-0.3, -0.25) is 10.0 Å². The summed E-state index contributed by atoms with van der Waals surface area (Å²) in [4.78, 5) is 0. The second-order valence-electron chi connectivity index (χ2n) is 9.95. The zero-order valence-electron chi connectivity index (χ0n) is 17.2. The molecule has 0 aromatic heterocycles. The van der Waals surface area contributed by atoms with E-state index < -0.39 is 0 Å². The highest BCUT2D eigenvalue weighted by Crippen LogP contribution is 2.66. The van der Waals surface area contributed by atoms with Crippen LogP contribution in [0.5, 0.6) is 0 Å². The van der Waals surface area contributed by atoms with E-state index in [2.05, 4.69) is 98.4 Å². The van der Waals surface area contributed by atoms with Gasteiger partial charge in [-0.05, 0) is 28.7 Å². The summed E-state index contributed by atoms with van der Waals surface area (Å²) in [6.45, 7) is 9.84. The van der Waals surface area contributed by atoms with Gasteiger partial charge in [0.25, 0.3) is 0 Å². The third-order valence-electron chi connectivity index (χ3n) is 7.81. The number of benzene rings is 2. The zero-order chi connectivity index (χ0) is 19.3. The molecule has 2 saturated heterocycles. The molecule has 0 amide bonds. The summed E-state index contributed by atoms with van der Waals surface area (Å²) >= 11 is 0. The first kappa shape index (κ1) is 16.5. The quantitative estimate of drug-likeness (QED) is 0.646. The molecule has 2 fully saturated rings. The van der Waals surface area contributed by atoms with Crippen molar-refractivity contribution in [1.29, 1.82) is 0 Å². The first-order valence-electron chi connectivity index (χ1n) is 10.6. The number of rotatable bonds is 2. The Bertz CT molecular complexity index is 943. The Hall–Kier alpha value is -2.48. The SMILES string of the molecule is CC1(C)C(c2ccccc2)=C2CC3=C(c4ccccc4)C(C)(C)C4CC1N2N34. The molecule has 2 heteroatoms. The van der Waals surface area contributed by atoms with Crippen molar-refractivity contribution >= 4 is 11.1 Å². The lowest BCUT2D eigenvalue weighted by Gasteiger charge is -2.32. The minimum atomic E-state index is 0.176. The number of hydrogen-bond acceptors (Lipinski definition) is 2. The van der Waals surface area contributed by atoms with Gasteiger partial charge in [0.2, 0.25) is 0 Å². The minimum Gasteiger partial charge on any atom is -0.285 e. The molecule has 2 aromatic rings. The van der Waals surface area contributed by atoms with Crippen molar-refractivity contribution in [1.82, 2.24) is 10.0 Å². The van der Waals surface area contributed by atoms with Gasteiger partial charge in [-0.1, -0.05) is 88.4 Å². The Kier molecular flexibility index (Phi) is 3.01. The lowest BCUT2D eigenvalue weighted by molar-refractivity contribution is 0.0557. The van der Waals surface area contributed by atoms with Crippen molar-refractivity contribution in [3.8, 4) is 0 Å². The molecule has 0 aliphatic carbocycles. The van der Waals surface area contributed by atoms with E-state index in [9.17, 15) is 0 Å². The summed E-state index contributed by atoms with van der Waals surface area (Å²) in [5.41, 5.74) is 9.36. The van der Waals surface area contributed by atoms with Gasteiger partial charge < -0.3 is 0 Å². The predicted octanol–water partition coefficient (Wildman–Crippen LogP) is 5.95. The van der Waals surface area contributed by atoms with Crippen LogP contribution in [0.15, 0.2) is 72.1 Å². The predicted molar refractivity (Wildman–Crippen MR) is 115 cm³/mol. The molecule has 6 rings (SSSR count). The fourth-order valence-corrected chi connectivity index (χ4v) is 6.64. The highest BCUT2D eigenvalue weighted by molar-refractivity contribution is 5.82. The maximum absolute atomic E-state index is 2.69.